The number of hydrogen-bond donors (Lipinski definition) is 2. The van der Waals surface area contributed by atoms with Gasteiger partial charge in [0.1, 0.15) is 0 Å². The van der Waals surface area contributed by atoms with Crippen LogP contribution in [-0.4, -0.2) is 24.6 Å². The van der Waals surface area contributed by atoms with Crippen molar-refractivity contribution < 1.29 is 15.3 Å². The zero-order chi connectivity index (χ0) is 17.6. The lowest BCUT2D eigenvalue weighted by molar-refractivity contribution is -0.214. The van der Waals surface area contributed by atoms with E-state index in [4.69, 9.17) is 10.4 Å². The van der Waals surface area contributed by atoms with Gasteiger partial charge in [0.2, 0.25) is 0 Å². The second-order valence-electron chi connectivity index (χ2n) is 3.33. The minimum Gasteiger partial charge on any atom is -0.400 e. The van der Waals surface area contributed by atoms with Crippen molar-refractivity contribution in [2.45, 2.75) is 34.1 Å². The number of benzene rings is 2. The van der Waals surface area contributed by atoms with E-state index >= 15 is 0 Å². The lowest BCUT2D eigenvalue weighted by Gasteiger charge is -2.00. The van der Waals surface area contributed by atoms with Crippen LogP contribution in [0.3, 0.4) is 0 Å². The molecule has 2 aromatic carbocycles. The lowest BCUT2D eigenvalue weighted by Crippen LogP contribution is -1.85. The molecule has 0 spiro atoms. The molecule has 0 saturated heterocycles. The quantitative estimate of drug-likeness (QED) is 0.603. The monoisotopic (exact) mass is 308 g/mol. The van der Waals surface area contributed by atoms with Crippen LogP contribution in [0.2, 0.25) is 0 Å². The SMILES string of the molecule is CC.CC.CO.COO.c1ccc(Cc2ccccc2)cc1. The van der Waals surface area contributed by atoms with E-state index in [-0.39, 0.29) is 0 Å². The Hall–Kier alpha value is -1.68. The molecule has 0 aromatic heterocycles. The van der Waals surface area contributed by atoms with E-state index in [1.807, 2.05) is 27.7 Å². The summed E-state index contributed by atoms with van der Waals surface area (Å²) in [6.45, 7) is 8.00. The van der Waals surface area contributed by atoms with Crippen LogP contribution in [-0.2, 0) is 11.3 Å². The fourth-order valence-electron chi connectivity index (χ4n) is 1.43. The molecule has 22 heavy (non-hydrogen) atoms. The Balaban J connectivity index is -0.000000344. The maximum atomic E-state index is 7.07. The van der Waals surface area contributed by atoms with Crippen molar-refractivity contribution in [2.75, 3.05) is 14.2 Å². The summed E-state index contributed by atoms with van der Waals surface area (Å²) < 4.78 is 0. The van der Waals surface area contributed by atoms with Crippen molar-refractivity contribution in [1.82, 2.24) is 0 Å². The molecule has 0 amide bonds. The van der Waals surface area contributed by atoms with E-state index < -0.39 is 0 Å². The van der Waals surface area contributed by atoms with Crippen LogP contribution in [0.4, 0.5) is 0 Å². The van der Waals surface area contributed by atoms with Gasteiger partial charge < -0.3 is 5.11 Å². The molecule has 3 nitrogen and oxygen atoms in total. The van der Waals surface area contributed by atoms with Gasteiger partial charge in [-0.3, -0.25) is 5.26 Å². The van der Waals surface area contributed by atoms with Crippen LogP contribution in [0.15, 0.2) is 60.7 Å². The van der Waals surface area contributed by atoms with Crippen LogP contribution in [0.1, 0.15) is 38.8 Å². The van der Waals surface area contributed by atoms with Gasteiger partial charge in [-0.15, -0.1) is 0 Å². The van der Waals surface area contributed by atoms with Gasteiger partial charge in [-0.2, -0.15) is 0 Å². The summed E-state index contributed by atoms with van der Waals surface area (Å²) in [5.41, 5.74) is 2.74. The molecule has 0 bridgehead atoms. The summed E-state index contributed by atoms with van der Waals surface area (Å²) in [7, 11) is 2.18. The minimum absolute atomic E-state index is 1.00. The number of hydrogen-bond acceptors (Lipinski definition) is 3. The van der Waals surface area contributed by atoms with Gasteiger partial charge in [0.05, 0.1) is 7.11 Å². The van der Waals surface area contributed by atoms with Crippen molar-refractivity contribution in [1.29, 1.82) is 0 Å². The average Bonchev–Trinajstić information content (AvgIpc) is 2.63. The number of aliphatic hydroxyl groups excluding tert-OH is 1. The zero-order valence-electron chi connectivity index (χ0n) is 14.8. The molecule has 0 aliphatic rings. The molecule has 0 radical (unpaired) electrons. The summed E-state index contributed by atoms with van der Waals surface area (Å²) in [6.07, 6.45) is 1.03. The second kappa shape index (κ2) is 24.3. The van der Waals surface area contributed by atoms with Gasteiger partial charge in [-0.1, -0.05) is 88.4 Å². The van der Waals surface area contributed by atoms with E-state index in [2.05, 4.69) is 65.6 Å². The standard InChI is InChI=1S/C13H12.2C2H6.CH4O2.CH4O/c1-3-7-12(8-4-1)11-13-9-5-2-6-10-13;2*1-2;1-3-2;1-2/h1-10H,11H2;2*1-2H3;2H,1H3;2H,1H3. The van der Waals surface area contributed by atoms with Gasteiger partial charge in [0, 0.05) is 7.11 Å². The molecule has 0 aliphatic carbocycles. The maximum absolute atomic E-state index is 7.07. The van der Waals surface area contributed by atoms with E-state index in [9.17, 15) is 0 Å². The molecular weight excluding hydrogens is 276 g/mol. The molecule has 0 aliphatic heterocycles. The maximum Gasteiger partial charge on any atom is 0.0710 e. The van der Waals surface area contributed by atoms with Gasteiger partial charge in [0.25, 0.3) is 0 Å². The highest BCUT2D eigenvalue weighted by atomic mass is 17.1. The van der Waals surface area contributed by atoms with Crippen molar-refractivity contribution in [2.24, 2.45) is 0 Å². The molecule has 0 heterocycles. The highest BCUT2D eigenvalue weighted by Gasteiger charge is 1.92. The summed E-state index contributed by atoms with van der Waals surface area (Å²) in [4.78, 5) is 3.25. The first-order chi connectivity index (χ1) is 10.9. The Kier molecular flexibility index (Phi) is 28.0. The molecule has 0 saturated carbocycles. The number of rotatable bonds is 2. The molecular formula is C19H32O3. The van der Waals surface area contributed by atoms with Crippen molar-refractivity contribution >= 4 is 0 Å². The smallest absolute Gasteiger partial charge is 0.0710 e. The summed E-state index contributed by atoms with van der Waals surface area (Å²) in [5, 5.41) is 14.1. The van der Waals surface area contributed by atoms with Crippen LogP contribution in [0, 0.1) is 0 Å². The predicted molar refractivity (Wildman–Crippen MR) is 96.2 cm³/mol. The Morgan fingerprint density at radius 1 is 0.682 bits per heavy atom. The predicted octanol–water partition coefficient (Wildman–Crippen LogP) is 5.04. The molecule has 0 fully saturated rings. The lowest BCUT2D eigenvalue weighted by atomic mass is 10.1. The second-order valence-corrected chi connectivity index (χ2v) is 3.33. The third kappa shape index (κ3) is 16.4. The Labute approximate surface area is 136 Å². The third-order valence-electron chi connectivity index (χ3n) is 2.09. The van der Waals surface area contributed by atoms with Gasteiger partial charge in [-0.05, 0) is 17.5 Å². The van der Waals surface area contributed by atoms with Gasteiger partial charge >= 0.3 is 0 Å². The Morgan fingerprint density at radius 2 is 0.909 bits per heavy atom. The minimum atomic E-state index is 1.00. The van der Waals surface area contributed by atoms with E-state index in [0.29, 0.717) is 0 Å². The molecule has 2 N–H and O–H groups in total. The molecule has 0 unspecified atom stereocenters. The average molecular weight is 308 g/mol. The zero-order valence-corrected chi connectivity index (χ0v) is 14.8. The first kappa shape index (κ1) is 25.3. The number of aliphatic hydroxyl groups is 1. The fraction of sp³-hybridized carbons (Fsp3) is 0.368. The topological polar surface area (TPSA) is 49.7 Å². The van der Waals surface area contributed by atoms with E-state index in [0.717, 1.165) is 13.5 Å². The van der Waals surface area contributed by atoms with Crippen LogP contribution in [0.5, 0.6) is 0 Å². The summed E-state index contributed by atoms with van der Waals surface area (Å²) in [6, 6.07) is 21.1. The van der Waals surface area contributed by atoms with Crippen molar-refractivity contribution in [3.8, 4) is 0 Å². The fourth-order valence-corrected chi connectivity index (χ4v) is 1.43. The summed E-state index contributed by atoms with van der Waals surface area (Å²) >= 11 is 0. The largest absolute Gasteiger partial charge is 0.400 e. The van der Waals surface area contributed by atoms with Crippen LogP contribution < -0.4 is 0 Å². The first-order valence-electron chi connectivity index (χ1n) is 7.57. The van der Waals surface area contributed by atoms with Gasteiger partial charge in [0.15, 0.2) is 0 Å². The highest BCUT2D eigenvalue weighted by molar-refractivity contribution is 5.25. The van der Waals surface area contributed by atoms with Crippen LogP contribution >= 0.6 is 0 Å². The van der Waals surface area contributed by atoms with E-state index in [1.54, 1.807) is 0 Å². The molecule has 0 atom stereocenters. The van der Waals surface area contributed by atoms with E-state index in [1.165, 1.54) is 18.2 Å². The summed E-state index contributed by atoms with van der Waals surface area (Å²) in [5.74, 6) is 0. The molecule has 126 valence electrons. The molecule has 2 rings (SSSR count). The molecule has 3 heteroatoms. The first-order valence-corrected chi connectivity index (χ1v) is 7.57. The highest BCUT2D eigenvalue weighted by Crippen LogP contribution is 2.07. The van der Waals surface area contributed by atoms with Crippen molar-refractivity contribution in [3.05, 3.63) is 71.8 Å². The Morgan fingerprint density at radius 3 is 1.14 bits per heavy atom. The third-order valence-corrected chi connectivity index (χ3v) is 2.09. The van der Waals surface area contributed by atoms with Crippen molar-refractivity contribution in [3.63, 3.8) is 0 Å². The normalized spacial score (nSPS) is 7.45. The van der Waals surface area contributed by atoms with Crippen LogP contribution in [0.25, 0.3) is 0 Å². The molecule has 2 aromatic rings. The Bertz CT molecular complexity index is 337. The van der Waals surface area contributed by atoms with Gasteiger partial charge in [-0.25, -0.2) is 4.89 Å².